The molecule has 31 heavy (non-hydrogen) atoms. The van der Waals surface area contributed by atoms with Gasteiger partial charge in [0.15, 0.2) is 0 Å². The standard InChI is InChI=1S/C23H26N4O4/c1-2-31-20-10-6-5-9-19(20)25-13-15-26(16-14-25)21(28)11-12-27-18-8-4-3-7-17(18)22(29)24-23(27)30/h3-10H,2,11-16H2,1H3,(H,24,29,30). The highest BCUT2D eigenvalue weighted by Gasteiger charge is 2.23. The number of aromatic amines is 1. The molecule has 0 bridgehead atoms. The van der Waals surface area contributed by atoms with Crippen LogP contribution in [-0.4, -0.2) is 53.1 Å². The van der Waals surface area contributed by atoms with Gasteiger partial charge in [0.2, 0.25) is 5.91 Å². The smallest absolute Gasteiger partial charge is 0.328 e. The van der Waals surface area contributed by atoms with Crippen LogP contribution in [0.1, 0.15) is 13.3 Å². The molecule has 162 valence electrons. The summed E-state index contributed by atoms with van der Waals surface area (Å²) in [5, 5.41) is 0.441. The molecule has 0 unspecified atom stereocenters. The number of aryl methyl sites for hydroxylation is 1. The number of para-hydroxylation sites is 3. The van der Waals surface area contributed by atoms with Crippen LogP contribution in [-0.2, 0) is 11.3 Å². The molecule has 2 aromatic carbocycles. The lowest BCUT2D eigenvalue weighted by atomic mass is 10.2. The maximum absolute atomic E-state index is 12.8. The number of hydrogen-bond acceptors (Lipinski definition) is 5. The van der Waals surface area contributed by atoms with Gasteiger partial charge in [-0.3, -0.25) is 19.1 Å². The zero-order valence-corrected chi connectivity index (χ0v) is 17.5. The van der Waals surface area contributed by atoms with E-state index in [4.69, 9.17) is 4.74 Å². The van der Waals surface area contributed by atoms with Crippen molar-refractivity contribution in [3.63, 3.8) is 0 Å². The number of benzene rings is 2. The molecule has 0 saturated carbocycles. The summed E-state index contributed by atoms with van der Waals surface area (Å²) in [6, 6.07) is 14.9. The lowest BCUT2D eigenvalue weighted by molar-refractivity contribution is -0.131. The number of H-pyrrole nitrogens is 1. The summed E-state index contributed by atoms with van der Waals surface area (Å²) >= 11 is 0. The normalized spacial score (nSPS) is 14.1. The second-order valence-corrected chi connectivity index (χ2v) is 7.45. The van der Waals surface area contributed by atoms with E-state index in [9.17, 15) is 14.4 Å². The molecule has 1 aliphatic heterocycles. The molecule has 1 aliphatic rings. The van der Waals surface area contributed by atoms with Gasteiger partial charge in [0.1, 0.15) is 5.75 Å². The van der Waals surface area contributed by atoms with Crippen LogP contribution in [0.15, 0.2) is 58.1 Å². The highest BCUT2D eigenvalue weighted by molar-refractivity contribution is 5.79. The first-order valence-electron chi connectivity index (χ1n) is 10.5. The quantitative estimate of drug-likeness (QED) is 0.655. The van der Waals surface area contributed by atoms with Gasteiger partial charge in [0.05, 0.1) is 23.2 Å². The van der Waals surface area contributed by atoms with Crippen molar-refractivity contribution in [2.75, 3.05) is 37.7 Å². The molecule has 0 atom stereocenters. The maximum atomic E-state index is 12.8. The molecule has 0 spiro atoms. The van der Waals surface area contributed by atoms with Crippen molar-refractivity contribution in [1.29, 1.82) is 0 Å². The topological polar surface area (TPSA) is 87.6 Å². The number of piperazine rings is 1. The molecule has 1 amide bonds. The lowest BCUT2D eigenvalue weighted by Crippen LogP contribution is -2.49. The number of carbonyl (C=O) groups excluding carboxylic acids is 1. The first kappa shape index (κ1) is 20.7. The molecule has 3 aromatic rings. The Morgan fingerprint density at radius 2 is 1.71 bits per heavy atom. The van der Waals surface area contributed by atoms with E-state index < -0.39 is 11.2 Å². The van der Waals surface area contributed by atoms with Gasteiger partial charge in [-0.1, -0.05) is 24.3 Å². The van der Waals surface area contributed by atoms with E-state index in [0.717, 1.165) is 24.5 Å². The fraction of sp³-hybridized carbons (Fsp3) is 0.348. The van der Waals surface area contributed by atoms with Crippen molar-refractivity contribution >= 4 is 22.5 Å². The van der Waals surface area contributed by atoms with Crippen LogP contribution in [0.25, 0.3) is 10.9 Å². The van der Waals surface area contributed by atoms with E-state index in [2.05, 4.69) is 9.88 Å². The second-order valence-electron chi connectivity index (χ2n) is 7.45. The number of amides is 1. The molecule has 8 nitrogen and oxygen atoms in total. The number of carbonyl (C=O) groups is 1. The van der Waals surface area contributed by atoms with E-state index in [0.29, 0.717) is 30.6 Å². The molecule has 2 heterocycles. The Hall–Kier alpha value is -3.55. The number of nitrogens with zero attached hydrogens (tertiary/aromatic N) is 3. The van der Waals surface area contributed by atoms with Crippen molar-refractivity contribution in [2.45, 2.75) is 19.9 Å². The van der Waals surface area contributed by atoms with Gasteiger partial charge in [-0.05, 0) is 31.2 Å². The van der Waals surface area contributed by atoms with Crippen molar-refractivity contribution in [3.8, 4) is 5.75 Å². The molecule has 0 radical (unpaired) electrons. The summed E-state index contributed by atoms with van der Waals surface area (Å²) in [5.41, 5.74) is 0.685. The van der Waals surface area contributed by atoms with E-state index >= 15 is 0 Å². The van der Waals surface area contributed by atoms with Gasteiger partial charge >= 0.3 is 5.69 Å². The average Bonchev–Trinajstić information content (AvgIpc) is 2.79. The van der Waals surface area contributed by atoms with Crippen LogP contribution in [0.5, 0.6) is 5.75 Å². The van der Waals surface area contributed by atoms with Gasteiger partial charge in [-0.2, -0.15) is 0 Å². The number of ether oxygens (including phenoxy) is 1. The molecular weight excluding hydrogens is 396 g/mol. The van der Waals surface area contributed by atoms with Gasteiger partial charge in [-0.25, -0.2) is 4.79 Å². The monoisotopic (exact) mass is 422 g/mol. The molecular formula is C23H26N4O4. The molecule has 8 heteroatoms. The Kier molecular flexibility index (Phi) is 6.06. The van der Waals surface area contributed by atoms with E-state index in [1.807, 2.05) is 36.1 Å². The van der Waals surface area contributed by atoms with Crippen LogP contribution in [0.3, 0.4) is 0 Å². The fourth-order valence-corrected chi connectivity index (χ4v) is 4.02. The summed E-state index contributed by atoms with van der Waals surface area (Å²) in [6.07, 6.45) is 0.200. The van der Waals surface area contributed by atoms with Crippen LogP contribution < -0.4 is 20.9 Å². The second kappa shape index (κ2) is 9.07. The molecule has 1 saturated heterocycles. The largest absolute Gasteiger partial charge is 0.492 e. The highest BCUT2D eigenvalue weighted by atomic mass is 16.5. The van der Waals surface area contributed by atoms with Crippen LogP contribution in [0, 0.1) is 0 Å². The van der Waals surface area contributed by atoms with Crippen LogP contribution in [0.2, 0.25) is 0 Å². The molecule has 4 rings (SSSR count). The maximum Gasteiger partial charge on any atom is 0.328 e. The van der Waals surface area contributed by atoms with Gasteiger partial charge < -0.3 is 14.5 Å². The lowest BCUT2D eigenvalue weighted by Gasteiger charge is -2.36. The highest BCUT2D eigenvalue weighted by Crippen LogP contribution is 2.28. The number of anilines is 1. The molecule has 1 N–H and O–H groups in total. The Bertz CT molecular complexity index is 1190. The van der Waals surface area contributed by atoms with Crippen LogP contribution in [0.4, 0.5) is 5.69 Å². The SMILES string of the molecule is CCOc1ccccc1N1CCN(C(=O)CCn2c(=O)[nH]c(=O)c3ccccc32)CC1. The minimum Gasteiger partial charge on any atom is -0.492 e. The van der Waals surface area contributed by atoms with Crippen molar-refractivity contribution in [3.05, 3.63) is 69.4 Å². The Labute approximate surface area is 179 Å². The summed E-state index contributed by atoms with van der Waals surface area (Å²) in [6.45, 7) is 5.46. The number of hydrogen-bond donors (Lipinski definition) is 1. The van der Waals surface area contributed by atoms with Gasteiger partial charge in [-0.15, -0.1) is 0 Å². The van der Waals surface area contributed by atoms with Crippen molar-refractivity contribution in [2.24, 2.45) is 0 Å². The minimum atomic E-state index is -0.492. The number of aromatic nitrogens is 2. The Balaban J connectivity index is 1.40. The van der Waals surface area contributed by atoms with Crippen LogP contribution >= 0.6 is 0 Å². The zero-order valence-electron chi connectivity index (χ0n) is 17.5. The Morgan fingerprint density at radius 3 is 2.48 bits per heavy atom. The third-order valence-electron chi connectivity index (χ3n) is 5.59. The zero-order chi connectivity index (χ0) is 21.8. The first-order chi connectivity index (χ1) is 15.1. The molecule has 1 aromatic heterocycles. The predicted molar refractivity (Wildman–Crippen MR) is 120 cm³/mol. The first-order valence-corrected chi connectivity index (χ1v) is 10.5. The van der Waals surface area contributed by atoms with Gasteiger partial charge in [0.25, 0.3) is 5.56 Å². The van der Waals surface area contributed by atoms with Crippen molar-refractivity contribution in [1.82, 2.24) is 14.5 Å². The summed E-state index contributed by atoms with van der Waals surface area (Å²) < 4.78 is 7.19. The minimum absolute atomic E-state index is 0.0000699. The average molecular weight is 422 g/mol. The summed E-state index contributed by atoms with van der Waals surface area (Å²) in [5.74, 6) is 0.856. The van der Waals surface area contributed by atoms with Gasteiger partial charge in [0, 0.05) is 39.1 Å². The van der Waals surface area contributed by atoms with E-state index in [1.54, 1.807) is 24.3 Å². The van der Waals surface area contributed by atoms with E-state index in [-0.39, 0.29) is 18.9 Å². The summed E-state index contributed by atoms with van der Waals surface area (Å²) in [4.78, 5) is 43.5. The predicted octanol–water partition coefficient (Wildman–Crippen LogP) is 1.83. The fourth-order valence-electron chi connectivity index (χ4n) is 4.02. The van der Waals surface area contributed by atoms with E-state index in [1.165, 1.54) is 4.57 Å². The molecule has 1 fully saturated rings. The van der Waals surface area contributed by atoms with Crippen molar-refractivity contribution < 1.29 is 9.53 Å². The third-order valence-corrected chi connectivity index (χ3v) is 5.59. The summed E-state index contributed by atoms with van der Waals surface area (Å²) in [7, 11) is 0. The number of rotatable bonds is 6. The number of fused-ring (bicyclic) bond motifs is 1. The Morgan fingerprint density at radius 1 is 1.00 bits per heavy atom. The molecule has 0 aliphatic carbocycles. The third kappa shape index (κ3) is 4.33. The number of nitrogens with one attached hydrogen (secondary N) is 1.